The van der Waals surface area contributed by atoms with Crippen LogP contribution >= 0.6 is 0 Å². The van der Waals surface area contributed by atoms with Gasteiger partial charge in [0.25, 0.3) is 0 Å². The normalized spacial score (nSPS) is 21.9. The molecule has 3 atom stereocenters. The van der Waals surface area contributed by atoms with Gasteiger partial charge in [-0.1, -0.05) is 30.3 Å². The highest BCUT2D eigenvalue weighted by Gasteiger charge is 2.40. The first-order valence-electron chi connectivity index (χ1n) is 10.6. The summed E-state index contributed by atoms with van der Waals surface area (Å²) in [4.78, 5) is 11.0. The van der Waals surface area contributed by atoms with Gasteiger partial charge < -0.3 is 10.8 Å². The van der Waals surface area contributed by atoms with Crippen LogP contribution in [0.1, 0.15) is 60.5 Å². The van der Waals surface area contributed by atoms with Gasteiger partial charge in [-0.25, -0.2) is 17.2 Å². The zero-order valence-corrected chi connectivity index (χ0v) is 18.7. The Labute approximate surface area is 187 Å². The second-order valence-electron chi connectivity index (χ2n) is 8.27. The molecule has 0 aliphatic carbocycles. The smallest absolute Gasteiger partial charge is 0.221 e. The van der Waals surface area contributed by atoms with Gasteiger partial charge in [0.1, 0.15) is 16.9 Å². The van der Waals surface area contributed by atoms with Crippen LogP contribution < -0.4 is 5.73 Å². The average Bonchev–Trinajstić information content (AvgIpc) is 2.74. The second-order valence-corrected chi connectivity index (χ2v) is 10.3. The van der Waals surface area contributed by atoms with Crippen LogP contribution in [0.4, 0.5) is 8.78 Å². The van der Waals surface area contributed by atoms with Gasteiger partial charge in [-0.15, -0.1) is 0 Å². The van der Waals surface area contributed by atoms with Crippen LogP contribution in [0.2, 0.25) is 0 Å². The Kier molecular flexibility index (Phi) is 7.63. The molecule has 9 heteroatoms. The van der Waals surface area contributed by atoms with Crippen LogP contribution in [0, 0.1) is 11.6 Å². The van der Waals surface area contributed by atoms with E-state index in [0.717, 1.165) is 12.1 Å². The minimum absolute atomic E-state index is 0.0632. The summed E-state index contributed by atoms with van der Waals surface area (Å²) in [6.45, 7) is 0.993. The first-order valence-corrected chi connectivity index (χ1v) is 12.1. The number of carbonyl (C=O) groups is 1. The van der Waals surface area contributed by atoms with Crippen molar-refractivity contribution in [1.29, 1.82) is 0 Å². The molecule has 3 rings (SSSR count). The molecule has 6 nitrogen and oxygen atoms in total. The lowest BCUT2D eigenvalue weighted by atomic mass is 9.93. The first-order chi connectivity index (χ1) is 15.1. The number of rotatable bonds is 8. The van der Waals surface area contributed by atoms with E-state index in [1.165, 1.54) is 4.31 Å². The summed E-state index contributed by atoms with van der Waals surface area (Å²) in [5, 5.41) is 8.81. The number of halogens is 2. The Balaban J connectivity index is 1.88. The largest absolute Gasteiger partial charge is 0.396 e. The Morgan fingerprint density at radius 1 is 1.19 bits per heavy atom. The van der Waals surface area contributed by atoms with Crippen LogP contribution in [-0.4, -0.2) is 36.4 Å². The fourth-order valence-electron chi connectivity index (χ4n) is 4.22. The first kappa shape index (κ1) is 24.3. The van der Waals surface area contributed by atoms with Crippen molar-refractivity contribution in [3.63, 3.8) is 0 Å². The van der Waals surface area contributed by atoms with Crippen LogP contribution in [0.5, 0.6) is 0 Å². The predicted molar refractivity (Wildman–Crippen MR) is 117 cm³/mol. The van der Waals surface area contributed by atoms with Gasteiger partial charge in [0.2, 0.25) is 15.9 Å². The van der Waals surface area contributed by atoms with Crippen molar-refractivity contribution in [1.82, 2.24) is 4.31 Å². The third kappa shape index (κ3) is 5.16. The summed E-state index contributed by atoms with van der Waals surface area (Å²) in [7, 11) is -3.79. The van der Waals surface area contributed by atoms with Crippen LogP contribution in [0.25, 0.3) is 0 Å². The zero-order chi connectivity index (χ0) is 23.5. The number of hydrogen-bond donors (Lipinski definition) is 2. The van der Waals surface area contributed by atoms with Gasteiger partial charge in [-0.2, -0.15) is 4.31 Å². The molecular formula is C23H28F2N2O4S. The zero-order valence-electron chi connectivity index (χ0n) is 17.9. The molecule has 2 aromatic rings. The minimum Gasteiger partial charge on any atom is -0.396 e. The van der Waals surface area contributed by atoms with Crippen molar-refractivity contribution in [2.45, 2.75) is 56.4 Å². The molecule has 1 fully saturated rings. The van der Waals surface area contributed by atoms with Crippen LogP contribution in [0.15, 0.2) is 42.5 Å². The highest BCUT2D eigenvalue weighted by atomic mass is 32.2. The van der Waals surface area contributed by atoms with Gasteiger partial charge in [-0.05, 0) is 49.4 Å². The predicted octanol–water partition coefficient (Wildman–Crippen LogP) is 3.36. The van der Waals surface area contributed by atoms with Gasteiger partial charge in [0.15, 0.2) is 0 Å². The number of nitrogens with zero attached hydrogens (tertiary/aromatic N) is 1. The monoisotopic (exact) mass is 466 g/mol. The van der Waals surface area contributed by atoms with E-state index in [4.69, 9.17) is 5.73 Å². The molecule has 1 heterocycles. The van der Waals surface area contributed by atoms with E-state index in [1.54, 1.807) is 31.2 Å². The SMILES string of the molecule is C[C@H]1CC[C@H](c2ccccc2)S(=O)(=O)N1Cc1cc(F)c(C(CO)CCC(N)=O)cc1F. The second kappa shape index (κ2) is 10.1. The molecule has 0 spiro atoms. The molecule has 0 saturated carbocycles. The molecule has 1 aliphatic heterocycles. The molecule has 174 valence electrons. The Hall–Kier alpha value is -2.36. The number of nitrogens with two attached hydrogens (primary N) is 1. The molecule has 2 aromatic carbocycles. The number of hydrogen-bond acceptors (Lipinski definition) is 4. The maximum atomic E-state index is 14.9. The van der Waals surface area contributed by atoms with Gasteiger partial charge in [-0.3, -0.25) is 4.79 Å². The topological polar surface area (TPSA) is 101 Å². The van der Waals surface area contributed by atoms with E-state index in [2.05, 4.69) is 0 Å². The molecule has 1 unspecified atom stereocenters. The van der Waals surface area contributed by atoms with Crippen molar-refractivity contribution >= 4 is 15.9 Å². The maximum absolute atomic E-state index is 14.9. The standard InChI is InChI=1S/C23H28F2N2O4S/c1-15-7-9-22(16-5-3-2-4-6-16)32(30,31)27(15)13-18-11-21(25)19(12-20(18)24)17(14-28)8-10-23(26)29/h2-6,11-12,15,17,22,28H,7-10,13-14H2,1H3,(H2,26,29)/t15-,17?,22+/m0/s1. The number of aliphatic hydroxyl groups excluding tert-OH is 1. The van der Waals surface area contributed by atoms with E-state index in [0.29, 0.717) is 18.4 Å². The van der Waals surface area contributed by atoms with Crippen molar-refractivity contribution in [3.05, 3.63) is 70.8 Å². The molecule has 32 heavy (non-hydrogen) atoms. The lowest BCUT2D eigenvalue weighted by Gasteiger charge is -2.37. The third-order valence-corrected chi connectivity index (χ3v) is 8.46. The van der Waals surface area contributed by atoms with Gasteiger partial charge in [0, 0.05) is 30.5 Å². The quantitative estimate of drug-likeness (QED) is 0.623. The molecular weight excluding hydrogens is 438 g/mol. The van der Waals surface area contributed by atoms with Crippen molar-refractivity contribution in [2.24, 2.45) is 5.73 Å². The summed E-state index contributed by atoms with van der Waals surface area (Å²) in [5.41, 5.74) is 5.64. The lowest BCUT2D eigenvalue weighted by molar-refractivity contribution is -0.118. The Morgan fingerprint density at radius 3 is 2.50 bits per heavy atom. The lowest BCUT2D eigenvalue weighted by Crippen LogP contribution is -2.44. The summed E-state index contributed by atoms with van der Waals surface area (Å²) in [5.74, 6) is -2.90. The van der Waals surface area contributed by atoms with Crippen LogP contribution in [0.3, 0.4) is 0 Å². The van der Waals surface area contributed by atoms with Crippen LogP contribution in [-0.2, 0) is 21.4 Å². The summed E-state index contributed by atoms with van der Waals surface area (Å²) < 4.78 is 57.6. The van der Waals surface area contributed by atoms with E-state index in [-0.39, 0.29) is 36.6 Å². The Morgan fingerprint density at radius 2 is 1.88 bits per heavy atom. The van der Waals surface area contributed by atoms with E-state index < -0.39 is 45.3 Å². The molecule has 1 amide bonds. The van der Waals surface area contributed by atoms with E-state index in [1.807, 2.05) is 6.07 Å². The molecule has 0 bridgehead atoms. The molecule has 3 N–H and O–H groups in total. The van der Waals surface area contributed by atoms with Crippen molar-refractivity contribution in [3.8, 4) is 0 Å². The van der Waals surface area contributed by atoms with E-state index >= 15 is 0 Å². The Bertz CT molecular complexity index is 1060. The van der Waals surface area contributed by atoms with Gasteiger partial charge >= 0.3 is 0 Å². The highest BCUT2D eigenvalue weighted by Crippen LogP contribution is 2.38. The number of benzene rings is 2. The number of carbonyl (C=O) groups excluding carboxylic acids is 1. The molecule has 1 saturated heterocycles. The number of sulfonamides is 1. The fourth-order valence-corrected chi connectivity index (χ4v) is 6.41. The summed E-state index contributed by atoms with van der Waals surface area (Å²) in [6.07, 6.45) is 1.06. The van der Waals surface area contributed by atoms with Crippen molar-refractivity contribution in [2.75, 3.05) is 6.61 Å². The minimum atomic E-state index is -3.79. The fraction of sp³-hybridized carbons (Fsp3) is 0.435. The molecule has 0 radical (unpaired) electrons. The number of amides is 1. The number of primary amides is 1. The maximum Gasteiger partial charge on any atom is 0.221 e. The van der Waals surface area contributed by atoms with E-state index in [9.17, 15) is 27.1 Å². The average molecular weight is 467 g/mol. The summed E-state index contributed by atoms with van der Waals surface area (Å²) in [6, 6.07) is 10.5. The third-order valence-electron chi connectivity index (χ3n) is 6.09. The van der Waals surface area contributed by atoms with Crippen molar-refractivity contribution < 1.29 is 27.1 Å². The molecule has 1 aliphatic rings. The number of aliphatic hydroxyl groups is 1. The highest BCUT2D eigenvalue weighted by molar-refractivity contribution is 7.89. The molecule has 0 aromatic heterocycles. The van der Waals surface area contributed by atoms with Gasteiger partial charge in [0.05, 0.1) is 6.61 Å². The summed E-state index contributed by atoms with van der Waals surface area (Å²) >= 11 is 0.